The number of carbonyl (C=O) groups is 2. The highest BCUT2D eigenvalue weighted by molar-refractivity contribution is 5.90. The van der Waals surface area contributed by atoms with E-state index in [9.17, 15) is 9.59 Å². The Bertz CT molecular complexity index is 545. The number of hydrogen-bond acceptors (Lipinski definition) is 4. The van der Waals surface area contributed by atoms with Crippen LogP contribution in [-0.4, -0.2) is 42.6 Å². The van der Waals surface area contributed by atoms with Crippen LogP contribution in [0.2, 0.25) is 0 Å². The molecule has 1 fully saturated rings. The number of Topliss-reactive ketones (excluding diaryl/α,β-unsaturated/α-hetero) is 1. The molecule has 1 atom stereocenters. The Labute approximate surface area is 131 Å². The normalized spacial score (nSPS) is 19.0. The van der Waals surface area contributed by atoms with Crippen molar-refractivity contribution in [2.24, 2.45) is 0 Å². The van der Waals surface area contributed by atoms with E-state index < -0.39 is 11.7 Å². The second-order valence-electron chi connectivity index (χ2n) is 6.48. The molecule has 1 aliphatic rings. The van der Waals surface area contributed by atoms with Crippen LogP contribution in [0.5, 0.6) is 5.75 Å². The Kier molecular flexibility index (Phi) is 4.74. The van der Waals surface area contributed by atoms with Gasteiger partial charge in [-0.25, -0.2) is 4.79 Å². The second-order valence-corrected chi connectivity index (χ2v) is 6.48. The van der Waals surface area contributed by atoms with Crippen molar-refractivity contribution >= 4 is 11.9 Å². The van der Waals surface area contributed by atoms with E-state index in [-0.39, 0.29) is 18.2 Å². The number of hydrogen-bond donors (Lipinski definition) is 0. The molecule has 0 N–H and O–H groups in total. The number of ketones is 1. The summed E-state index contributed by atoms with van der Waals surface area (Å²) in [4.78, 5) is 25.8. The van der Waals surface area contributed by atoms with Crippen molar-refractivity contribution in [1.82, 2.24) is 4.90 Å². The number of carbonyl (C=O) groups excluding carboxylic acids is 2. The lowest BCUT2D eigenvalue weighted by Gasteiger charge is -2.32. The van der Waals surface area contributed by atoms with Gasteiger partial charge in [-0.05, 0) is 44.9 Å². The molecule has 0 unspecified atom stereocenters. The molecular formula is C17H23NO4. The quantitative estimate of drug-likeness (QED) is 0.843. The molecular weight excluding hydrogens is 282 g/mol. The summed E-state index contributed by atoms with van der Waals surface area (Å²) in [5.41, 5.74) is 0.419. The van der Waals surface area contributed by atoms with Crippen LogP contribution in [-0.2, 0) is 9.53 Å². The standard InChI is InChI=1S/C17H23NO4/c1-17(2,3)22-16(20)18-10-9-14(15(19)11-18)12-5-7-13(21-4)8-6-12/h5-8,14H,9-11H2,1-4H3/t14-/m1/s1. The van der Waals surface area contributed by atoms with Crippen molar-refractivity contribution in [3.63, 3.8) is 0 Å². The molecule has 1 heterocycles. The summed E-state index contributed by atoms with van der Waals surface area (Å²) >= 11 is 0. The third-order valence-electron chi connectivity index (χ3n) is 3.59. The third-order valence-corrected chi connectivity index (χ3v) is 3.59. The van der Waals surface area contributed by atoms with Crippen molar-refractivity contribution in [1.29, 1.82) is 0 Å². The maximum atomic E-state index is 12.3. The first-order valence-electron chi connectivity index (χ1n) is 7.45. The lowest BCUT2D eigenvalue weighted by molar-refractivity contribution is -0.123. The summed E-state index contributed by atoms with van der Waals surface area (Å²) < 4.78 is 10.4. The van der Waals surface area contributed by atoms with Gasteiger partial charge in [0.25, 0.3) is 0 Å². The van der Waals surface area contributed by atoms with E-state index in [1.165, 1.54) is 4.90 Å². The van der Waals surface area contributed by atoms with Crippen LogP contribution in [0.4, 0.5) is 4.79 Å². The number of methoxy groups -OCH3 is 1. The number of amides is 1. The molecule has 1 aromatic rings. The molecule has 1 amide bonds. The van der Waals surface area contributed by atoms with Crippen LogP contribution in [0.3, 0.4) is 0 Å². The highest BCUT2D eigenvalue weighted by Crippen LogP contribution is 2.27. The van der Waals surface area contributed by atoms with Gasteiger partial charge in [0.2, 0.25) is 0 Å². The first-order valence-corrected chi connectivity index (χ1v) is 7.45. The fourth-order valence-corrected chi connectivity index (χ4v) is 2.49. The smallest absolute Gasteiger partial charge is 0.410 e. The maximum Gasteiger partial charge on any atom is 0.410 e. The van der Waals surface area contributed by atoms with Crippen molar-refractivity contribution < 1.29 is 19.1 Å². The highest BCUT2D eigenvalue weighted by Gasteiger charge is 2.32. The molecule has 22 heavy (non-hydrogen) atoms. The Balaban J connectivity index is 2.00. The largest absolute Gasteiger partial charge is 0.497 e. The monoisotopic (exact) mass is 305 g/mol. The minimum atomic E-state index is -0.549. The van der Waals surface area contributed by atoms with Gasteiger partial charge in [0, 0.05) is 12.5 Å². The first-order chi connectivity index (χ1) is 10.3. The van der Waals surface area contributed by atoms with E-state index in [2.05, 4.69) is 0 Å². The van der Waals surface area contributed by atoms with Gasteiger partial charge in [0.05, 0.1) is 13.7 Å². The molecule has 0 radical (unpaired) electrons. The van der Waals surface area contributed by atoms with Gasteiger partial charge in [-0.2, -0.15) is 0 Å². The number of benzene rings is 1. The third kappa shape index (κ3) is 4.00. The Morgan fingerprint density at radius 3 is 2.36 bits per heavy atom. The molecule has 0 bridgehead atoms. The molecule has 0 aromatic heterocycles. The summed E-state index contributed by atoms with van der Waals surface area (Å²) in [6, 6.07) is 7.51. The molecule has 120 valence electrons. The number of ether oxygens (including phenoxy) is 2. The maximum absolute atomic E-state index is 12.3. The molecule has 0 saturated carbocycles. The average molecular weight is 305 g/mol. The summed E-state index contributed by atoms with van der Waals surface area (Å²) in [6.45, 7) is 6.08. The van der Waals surface area contributed by atoms with Gasteiger partial charge in [0.1, 0.15) is 11.4 Å². The lowest BCUT2D eigenvalue weighted by atomic mass is 9.88. The van der Waals surface area contributed by atoms with Crippen molar-refractivity contribution in [2.75, 3.05) is 20.2 Å². The Morgan fingerprint density at radius 2 is 1.86 bits per heavy atom. The van der Waals surface area contributed by atoms with Gasteiger partial charge >= 0.3 is 6.09 Å². The van der Waals surface area contributed by atoms with Crippen molar-refractivity contribution in [2.45, 2.75) is 38.7 Å². The summed E-state index contributed by atoms with van der Waals surface area (Å²) in [5.74, 6) is 0.647. The average Bonchev–Trinajstić information content (AvgIpc) is 2.45. The fraction of sp³-hybridized carbons (Fsp3) is 0.529. The molecule has 0 spiro atoms. The zero-order valence-electron chi connectivity index (χ0n) is 13.6. The van der Waals surface area contributed by atoms with E-state index in [4.69, 9.17) is 9.47 Å². The van der Waals surface area contributed by atoms with Crippen LogP contribution >= 0.6 is 0 Å². The number of piperidine rings is 1. The Hall–Kier alpha value is -2.04. The summed E-state index contributed by atoms with van der Waals surface area (Å²) in [6.07, 6.45) is 0.193. The van der Waals surface area contributed by atoms with E-state index in [1.807, 2.05) is 45.0 Å². The van der Waals surface area contributed by atoms with Gasteiger partial charge in [-0.1, -0.05) is 12.1 Å². The topological polar surface area (TPSA) is 55.8 Å². The minimum Gasteiger partial charge on any atom is -0.497 e. The molecule has 1 aromatic carbocycles. The molecule has 0 aliphatic carbocycles. The number of rotatable bonds is 2. The van der Waals surface area contributed by atoms with E-state index in [0.717, 1.165) is 11.3 Å². The van der Waals surface area contributed by atoms with E-state index in [1.54, 1.807) is 7.11 Å². The summed E-state index contributed by atoms with van der Waals surface area (Å²) in [7, 11) is 1.61. The van der Waals surface area contributed by atoms with Gasteiger partial charge in [0.15, 0.2) is 5.78 Å². The van der Waals surface area contributed by atoms with Crippen LogP contribution < -0.4 is 4.74 Å². The van der Waals surface area contributed by atoms with E-state index >= 15 is 0 Å². The fourth-order valence-electron chi connectivity index (χ4n) is 2.49. The van der Waals surface area contributed by atoms with Crippen molar-refractivity contribution in [3.8, 4) is 5.75 Å². The van der Waals surface area contributed by atoms with Crippen LogP contribution in [0.1, 0.15) is 38.7 Å². The SMILES string of the molecule is COc1ccc([C@H]2CCN(C(=O)OC(C)(C)C)CC2=O)cc1. The second kappa shape index (κ2) is 6.38. The predicted octanol–water partition coefficient (Wildman–Crippen LogP) is 2.99. The van der Waals surface area contributed by atoms with Crippen LogP contribution in [0.25, 0.3) is 0 Å². The highest BCUT2D eigenvalue weighted by atomic mass is 16.6. The van der Waals surface area contributed by atoms with E-state index in [0.29, 0.717) is 13.0 Å². The molecule has 1 aliphatic heterocycles. The van der Waals surface area contributed by atoms with Gasteiger partial charge in [-0.3, -0.25) is 4.79 Å². The summed E-state index contributed by atoms with van der Waals surface area (Å²) in [5, 5.41) is 0. The number of nitrogens with zero attached hydrogens (tertiary/aromatic N) is 1. The molecule has 2 rings (SSSR count). The Morgan fingerprint density at radius 1 is 1.23 bits per heavy atom. The van der Waals surface area contributed by atoms with Crippen LogP contribution in [0.15, 0.2) is 24.3 Å². The molecule has 5 nitrogen and oxygen atoms in total. The minimum absolute atomic E-state index is 0.0438. The first kappa shape index (κ1) is 16.3. The zero-order chi connectivity index (χ0) is 16.3. The van der Waals surface area contributed by atoms with Gasteiger partial charge < -0.3 is 14.4 Å². The van der Waals surface area contributed by atoms with Gasteiger partial charge in [-0.15, -0.1) is 0 Å². The van der Waals surface area contributed by atoms with Crippen molar-refractivity contribution in [3.05, 3.63) is 29.8 Å². The number of likely N-dealkylation sites (tertiary alicyclic amines) is 1. The lowest BCUT2D eigenvalue weighted by Crippen LogP contribution is -2.45. The molecule has 5 heteroatoms. The van der Waals surface area contributed by atoms with Crippen LogP contribution in [0, 0.1) is 0 Å². The predicted molar refractivity (Wildman–Crippen MR) is 83.2 cm³/mol. The molecule has 1 saturated heterocycles. The zero-order valence-corrected chi connectivity index (χ0v) is 13.6.